The van der Waals surface area contributed by atoms with Crippen LogP contribution in [0, 0.1) is 0 Å². The summed E-state index contributed by atoms with van der Waals surface area (Å²) in [4.78, 5) is 13.9. The molecule has 0 amide bonds. The number of aliphatic hydroxyl groups excluding tert-OH is 1. The Morgan fingerprint density at radius 2 is 2.06 bits per heavy atom. The van der Waals surface area contributed by atoms with Crippen LogP contribution in [0.1, 0.15) is 0 Å². The third-order valence-electron chi connectivity index (χ3n) is 2.19. The molecule has 1 aliphatic rings. The van der Waals surface area contributed by atoms with Crippen LogP contribution in [0.15, 0.2) is 0 Å². The van der Waals surface area contributed by atoms with Crippen molar-refractivity contribution >= 4 is 17.5 Å². The summed E-state index contributed by atoms with van der Waals surface area (Å²) in [5, 5.41) is 8.74. The molecule has 0 saturated carbocycles. The molecule has 7 nitrogen and oxygen atoms in total. The van der Waals surface area contributed by atoms with Crippen LogP contribution in [0.3, 0.4) is 0 Å². The molecule has 0 radical (unpaired) electrons. The van der Waals surface area contributed by atoms with E-state index in [0.717, 1.165) is 0 Å². The van der Waals surface area contributed by atoms with Crippen molar-refractivity contribution in [3.05, 3.63) is 5.28 Å². The van der Waals surface area contributed by atoms with Gasteiger partial charge in [0.15, 0.2) is 0 Å². The first kappa shape index (κ1) is 12.3. The van der Waals surface area contributed by atoms with Gasteiger partial charge in [0.25, 0.3) is 0 Å². The molecule has 94 valence electrons. The number of ether oxygens (including phenoxy) is 2. The van der Waals surface area contributed by atoms with Gasteiger partial charge in [-0.15, -0.1) is 0 Å². The predicted octanol–water partition coefficient (Wildman–Crippen LogP) is -0.267. The lowest BCUT2D eigenvalue weighted by Gasteiger charge is -2.26. The van der Waals surface area contributed by atoms with Gasteiger partial charge in [0.2, 0.25) is 11.2 Å². The molecule has 0 spiro atoms. The summed E-state index contributed by atoms with van der Waals surface area (Å²) in [6.07, 6.45) is 0. The van der Waals surface area contributed by atoms with Crippen LogP contribution in [-0.2, 0) is 4.74 Å². The first-order valence-corrected chi connectivity index (χ1v) is 5.65. The average Bonchev–Trinajstić information content (AvgIpc) is 2.37. The van der Waals surface area contributed by atoms with Crippen LogP contribution in [0.2, 0.25) is 5.28 Å². The minimum atomic E-state index is -0.101. The molecule has 17 heavy (non-hydrogen) atoms. The summed E-state index contributed by atoms with van der Waals surface area (Å²) in [5.74, 6) is 0.473. The number of rotatable bonds is 4. The fourth-order valence-corrected chi connectivity index (χ4v) is 1.58. The van der Waals surface area contributed by atoms with E-state index < -0.39 is 0 Å². The molecule has 0 atom stereocenters. The third-order valence-corrected chi connectivity index (χ3v) is 2.36. The average molecular weight is 261 g/mol. The van der Waals surface area contributed by atoms with Gasteiger partial charge in [-0.1, -0.05) is 0 Å². The largest absolute Gasteiger partial charge is 0.461 e. The molecule has 2 rings (SSSR count). The molecule has 1 aromatic heterocycles. The fraction of sp³-hybridized carbons (Fsp3) is 0.667. The predicted molar refractivity (Wildman–Crippen MR) is 60.4 cm³/mol. The van der Waals surface area contributed by atoms with Gasteiger partial charge < -0.3 is 19.5 Å². The number of nitrogens with zero attached hydrogens (tertiary/aromatic N) is 4. The molecular weight excluding hydrogens is 248 g/mol. The Labute approximate surface area is 103 Å². The SMILES string of the molecule is OCCOc1nc(Cl)nc(N2CCOCC2)n1. The Morgan fingerprint density at radius 3 is 2.76 bits per heavy atom. The van der Waals surface area contributed by atoms with E-state index in [9.17, 15) is 0 Å². The van der Waals surface area contributed by atoms with Crippen LogP contribution in [0.25, 0.3) is 0 Å². The summed E-state index contributed by atoms with van der Waals surface area (Å²) >= 11 is 5.79. The second-order valence-corrected chi connectivity index (χ2v) is 3.70. The minimum Gasteiger partial charge on any atom is -0.461 e. The molecule has 1 fully saturated rings. The van der Waals surface area contributed by atoms with Crippen molar-refractivity contribution in [3.63, 3.8) is 0 Å². The highest BCUT2D eigenvalue weighted by molar-refractivity contribution is 6.28. The monoisotopic (exact) mass is 260 g/mol. The van der Waals surface area contributed by atoms with Gasteiger partial charge in [0, 0.05) is 13.1 Å². The van der Waals surface area contributed by atoms with Gasteiger partial charge in [0.1, 0.15) is 6.61 Å². The van der Waals surface area contributed by atoms with Gasteiger partial charge in [-0.25, -0.2) is 0 Å². The Balaban J connectivity index is 2.12. The van der Waals surface area contributed by atoms with E-state index in [1.165, 1.54) is 0 Å². The molecule has 1 aliphatic heterocycles. The van der Waals surface area contributed by atoms with Crippen LogP contribution < -0.4 is 9.64 Å². The van der Waals surface area contributed by atoms with Crippen molar-refractivity contribution in [2.75, 3.05) is 44.4 Å². The second-order valence-electron chi connectivity index (χ2n) is 3.36. The maximum absolute atomic E-state index is 8.66. The first-order chi connectivity index (χ1) is 8.29. The Kier molecular flexibility index (Phi) is 4.29. The van der Waals surface area contributed by atoms with E-state index in [1.54, 1.807) is 0 Å². The zero-order valence-corrected chi connectivity index (χ0v) is 9.93. The number of hydrogen-bond donors (Lipinski definition) is 1. The maximum Gasteiger partial charge on any atom is 0.322 e. The second kappa shape index (κ2) is 5.95. The molecule has 0 unspecified atom stereocenters. The summed E-state index contributed by atoms with van der Waals surface area (Å²) in [6, 6.07) is 0.126. The van der Waals surface area contributed by atoms with Crippen molar-refractivity contribution in [2.45, 2.75) is 0 Å². The highest BCUT2D eigenvalue weighted by atomic mass is 35.5. The van der Waals surface area contributed by atoms with Crippen LogP contribution in [0.4, 0.5) is 5.95 Å². The van der Waals surface area contributed by atoms with Gasteiger partial charge in [-0.05, 0) is 11.6 Å². The lowest BCUT2D eigenvalue weighted by atomic mass is 10.4. The van der Waals surface area contributed by atoms with Crippen molar-refractivity contribution in [1.29, 1.82) is 0 Å². The number of aromatic nitrogens is 3. The molecule has 0 bridgehead atoms. The van der Waals surface area contributed by atoms with Crippen LogP contribution in [0.5, 0.6) is 6.01 Å². The number of anilines is 1. The molecule has 2 heterocycles. The highest BCUT2D eigenvalue weighted by Crippen LogP contribution is 2.16. The number of halogens is 1. The first-order valence-electron chi connectivity index (χ1n) is 5.27. The van der Waals surface area contributed by atoms with E-state index in [2.05, 4.69) is 15.0 Å². The van der Waals surface area contributed by atoms with Crippen LogP contribution >= 0.6 is 11.6 Å². The molecule has 0 aromatic carbocycles. The fourth-order valence-electron chi connectivity index (χ4n) is 1.43. The zero-order valence-electron chi connectivity index (χ0n) is 9.17. The summed E-state index contributed by atoms with van der Waals surface area (Å²) < 4.78 is 10.3. The maximum atomic E-state index is 8.66. The van der Waals surface area contributed by atoms with E-state index in [1.807, 2.05) is 4.90 Å². The van der Waals surface area contributed by atoms with Gasteiger partial charge >= 0.3 is 6.01 Å². The lowest BCUT2D eigenvalue weighted by molar-refractivity contribution is 0.121. The van der Waals surface area contributed by atoms with Crippen molar-refractivity contribution in [3.8, 4) is 6.01 Å². The smallest absolute Gasteiger partial charge is 0.322 e. The molecule has 0 aliphatic carbocycles. The number of hydrogen-bond acceptors (Lipinski definition) is 7. The Hall–Kier alpha value is -1.18. The number of aliphatic hydroxyl groups is 1. The standard InChI is InChI=1S/C9H13ClN4O3/c10-7-11-8(14-1-4-16-5-2-14)13-9(12-7)17-6-3-15/h15H,1-6H2. The van der Waals surface area contributed by atoms with E-state index in [4.69, 9.17) is 26.2 Å². The number of morpholine rings is 1. The minimum absolute atomic E-state index is 0.0782. The summed E-state index contributed by atoms with van der Waals surface area (Å²) in [5.41, 5.74) is 0. The quantitative estimate of drug-likeness (QED) is 0.798. The summed E-state index contributed by atoms with van der Waals surface area (Å²) in [7, 11) is 0. The van der Waals surface area contributed by atoms with Gasteiger partial charge in [-0.2, -0.15) is 15.0 Å². The third kappa shape index (κ3) is 3.39. The molecule has 1 aromatic rings. The molecule has 1 saturated heterocycles. The van der Waals surface area contributed by atoms with E-state index in [-0.39, 0.29) is 24.5 Å². The van der Waals surface area contributed by atoms with E-state index in [0.29, 0.717) is 32.3 Å². The highest BCUT2D eigenvalue weighted by Gasteiger charge is 2.16. The Bertz CT molecular complexity index is 373. The van der Waals surface area contributed by atoms with Crippen molar-refractivity contribution in [1.82, 2.24) is 15.0 Å². The van der Waals surface area contributed by atoms with Gasteiger partial charge in [-0.3, -0.25) is 0 Å². The topological polar surface area (TPSA) is 80.6 Å². The van der Waals surface area contributed by atoms with Crippen LogP contribution in [-0.4, -0.2) is 59.6 Å². The Morgan fingerprint density at radius 1 is 1.29 bits per heavy atom. The zero-order chi connectivity index (χ0) is 12.1. The van der Waals surface area contributed by atoms with Crippen molar-refractivity contribution < 1.29 is 14.6 Å². The lowest BCUT2D eigenvalue weighted by Crippen LogP contribution is -2.37. The molecular formula is C9H13ClN4O3. The normalized spacial score (nSPS) is 16.0. The van der Waals surface area contributed by atoms with Gasteiger partial charge in [0.05, 0.1) is 19.8 Å². The molecule has 8 heteroatoms. The summed E-state index contributed by atoms with van der Waals surface area (Å²) in [6.45, 7) is 2.71. The molecule has 1 N–H and O–H groups in total. The van der Waals surface area contributed by atoms with Crippen molar-refractivity contribution in [2.24, 2.45) is 0 Å². The van der Waals surface area contributed by atoms with E-state index >= 15 is 0 Å².